The van der Waals surface area contributed by atoms with E-state index in [1.165, 1.54) is 12.1 Å². The number of rotatable bonds is 7. The zero-order chi connectivity index (χ0) is 13.4. The van der Waals surface area contributed by atoms with Gasteiger partial charge in [0.25, 0.3) is 0 Å². The van der Waals surface area contributed by atoms with E-state index in [2.05, 4.69) is 24.0 Å². The average molecular weight is 271 g/mol. The van der Waals surface area contributed by atoms with Gasteiger partial charge in [-0.15, -0.1) is 10.2 Å². The van der Waals surface area contributed by atoms with Crippen molar-refractivity contribution in [3.8, 4) is 0 Å². The van der Waals surface area contributed by atoms with E-state index in [-0.39, 0.29) is 10.8 Å². The largest absolute Gasteiger partial charge is 0.461 e. The second-order valence-electron chi connectivity index (χ2n) is 4.26. The normalized spacial score (nSPS) is 12.2. The second kappa shape index (κ2) is 8.03. The highest BCUT2D eigenvalue weighted by molar-refractivity contribution is 6.29. The maximum absolute atomic E-state index is 11.7. The molecule has 0 spiro atoms. The summed E-state index contributed by atoms with van der Waals surface area (Å²) >= 11 is 5.60. The predicted octanol–water partition coefficient (Wildman–Crippen LogP) is 3.50. The third-order valence-electron chi connectivity index (χ3n) is 2.83. The highest BCUT2D eigenvalue weighted by Crippen LogP contribution is 2.13. The van der Waals surface area contributed by atoms with Crippen LogP contribution in [-0.2, 0) is 4.74 Å². The first-order valence-electron chi connectivity index (χ1n) is 6.33. The maximum Gasteiger partial charge on any atom is 0.358 e. The van der Waals surface area contributed by atoms with Crippen LogP contribution >= 0.6 is 11.6 Å². The Labute approximate surface area is 113 Å². The zero-order valence-corrected chi connectivity index (χ0v) is 11.6. The van der Waals surface area contributed by atoms with Crippen LogP contribution in [0.25, 0.3) is 0 Å². The number of ether oxygens (including phenoxy) is 1. The molecule has 5 heteroatoms. The Bertz CT molecular complexity index is 368. The van der Waals surface area contributed by atoms with Crippen molar-refractivity contribution in [2.24, 2.45) is 5.92 Å². The molecule has 0 bridgehead atoms. The van der Waals surface area contributed by atoms with E-state index in [9.17, 15) is 4.79 Å². The first-order chi connectivity index (χ1) is 8.67. The summed E-state index contributed by atoms with van der Waals surface area (Å²) in [6.07, 6.45) is 4.43. The Balaban J connectivity index is 2.42. The fraction of sp³-hybridized carbons (Fsp3) is 0.615. The average Bonchev–Trinajstić information content (AvgIpc) is 2.39. The lowest BCUT2D eigenvalue weighted by atomic mass is 10.0. The molecule has 0 aliphatic heterocycles. The lowest BCUT2D eigenvalue weighted by Crippen LogP contribution is -2.15. The summed E-state index contributed by atoms with van der Waals surface area (Å²) in [5.74, 6) is -0.0109. The molecule has 0 radical (unpaired) electrons. The molecule has 0 fully saturated rings. The van der Waals surface area contributed by atoms with Crippen molar-refractivity contribution in [1.29, 1.82) is 0 Å². The van der Waals surface area contributed by atoms with Crippen LogP contribution in [0.15, 0.2) is 12.1 Å². The molecule has 0 N–H and O–H groups in total. The third-order valence-corrected chi connectivity index (χ3v) is 3.04. The van der Waals surface area contributed by atoms with Gasteiger partial charge in [0, 0.05) is 0 Å². The highest BCUT2D eigenvalue weighted by atomic mass is 35.5. The molecule has 0 aliphatic rings. The minimum Gasteiger partial charge on any atom is -0.461 e. The van der Waals surface area contributed by atoms with E-state index in [0.29, 0.717) is 12.5 Å². The topological polar surface area (TPSA) is 52.1 Å². The first-order valence-corrected chi connectivity index (χ1v) is 6.71. The standard InChI is InChI=1S/C13H19ClN2O2/c1-3-5-6-10(4-2)9-18-13(17)11-7-8-12(14)16-15-11/h7-8,10H,3-6,9H2,1-2H3. The molecule has 0 saturated heterocycles. The summed E-state index contributed by atoms with van der Waals surface area (Å²) in [7, 11) is 0. The van der Waals surface area contributed by atoms with Crippen LogP contribution in [0.3, 0.4) is 0 Å². The van der Waals surface area contributed by atoms with Gasteiger partial charge in [0.05, 0.1) is 6.61 Å². The predicted molar refractivity (Wildman–Crippen MR) is 70.6 cm³/mol. The van der Waals surface area contributed by atoms with Crippen LogP contribution in [-0.4, -0.2) is 22.8 Å². The van der Waals surface area contributed by atoms with E-state index >= 15 is 0 Å². The number of nitrogens with zero attached hydrogens (tertiary/aromatic N) is 2. The highest BCUT2D eigenvalue weighted by Gasteiger charge is 2.13. The SMILES string of the molecule is CCCCC(CC)COC(=O)c1ccc(Cl)nn1. The summed E-state index contributed by atoms with van der Waals surface area (Å²) in [5, 5.41) is 7.56. The van der Waals surface area contributed by atoms with Gasteiger partial charge in [-0.1, -0.05) is 44.7 Å². The summed E-state index contributed by atoms with van der Waals surface area (Å²) in [6, 6.07) is 3.05. The van der Waals surface area contributed by atoms with Crippen molar-refractivity contribution in [3.05, 3.63) is 23.0 Å². The Morgan fingerprint density at radius 1 is 1.39 bits per heavy atom. The molecule has 1 unspecified atom stereocenters. The van der Waals surface area contributed by atoms with E-state index in [1.807, 2.05) is 0 Å². The first kappa shape index (κ1) is 14.9. The molecule has 1 heterocycles. The van der Waals surface area contributed by atoms with E-state index in [1.54, 1.807) is 0 Å². The minimum absolute atomic E-state index is 0.199. The number of esters is 1. The van der Waals surface area contributed by atoms with Crippen molar-refractivity contribution < 1.29 is 9.53 Å². The van der Waals surface area contributed by atoms with Crippen molar-refractivity contribution in [2.45, 2.75) is 39.5 Å². The number of carbonyl (C=O) groups excluding carboxylic acids is 1. The van der Waals surface area contributed by atoms with Crippen molar-refractivity contribution in [2.75, 3.05) is 6.61 Å². The molecule has 1 aromatic heterocycles. The van der Waals surface area contributed by atoms with E-state index in [4.69, 9.17) is 16.3 Å². The fourth-order valence-corrected chi connectivity index (χ4v) is 1.69. The fourth-order valence-electron chi connectivity index (χ4n) is 1.59. The van der Waals surface area contributed by atoms with Gasteiger partial charge >= 0.3 is 5.97 Å². The maximum atomic E-state index is 11.7. The Morgan fingerprint density at radius 3 is 2.72 bits per heavy atom. The molecule has 1 aromatic rings. The number of unbranched alkanes of at least 4 members (excludes halogenated alkanes) is 1. The molecule has 0 saturated carbocycles. The van der Waals surface area contributed by atoms with Gasteiger partial charge in [-0.05, 0) is 24.5 Å². The summed E-state index contributed by atoms with van der Waals surface area (Å²) < 4.78 is 5.23. The van der Waals surface area contributed by atoms with E-state index in [0.717, 1.165) is 25.7 Å². The monoisotopic (exact) mass is 270 g/mol. The van der Waals surface area contributed by atoms with Gasteiger partial charge in [0.15, 0.2) is 10.8 Å². The van der Waals surface area contributed by atoms with E-state index < -0.39 is 5.97 Å². The number of carbonyl (C=O) groups is 1. The Morgan fingerprint density at radius 2 is 2.17 bits per heavy atom. The van der Waals surface area contributed by atoms with Gasteiger partial charge in [-0.3, -0.25) is 0 Å². The molecule has 1 atom stereocenters. The van der Waals surface area contributed by atoms with Crippen molar-refractivity contribution in [1.82, 2.24) is 10.2 Å². The number of halogens is 1. The molecule has 4 nitrogen and oxygen atoms in total. The van der Waals surface area contributed by atoms with Crippen LogP contribution in [0, 0.1) is 5.92 Å². The molecule has 18 heavy (non-hydrogen) atoms. The lowest BCUT2D eigenvalue weighted by molar-refractivity contribution is 0.0420. The zero-order valence-electron chi connectivity index (χ0n) is 10.9. The second-order valence-corrected chi connectivity index (χ2v) is 4.64. The number of aromatic nitrogens is 2. The van der Waals surface area contributed by atoms with Gasteiger partial charge in [0.1, 0.15) is 0 Å². The number of hydrogen-bond donors (Lipinski definition) is 0. The Hall–Kier alpha value is -1.16. The molecular weight excluding hydrogens is 252 g/mol. The van der Waals surface area contributed by atoms with Gasteiger partial charge in [-0.25, -0.2) is 4.79 Å². The summed E-state index contributed by atoms with van der Waals surface area (Å²) in [5.41, 5.74) is 0.199. The van der Waals surface area contributed by atoms with Crippen LogP contribution in [0.2, 0.25) is 5.15 Å². The minimum atomic E-state index is -0.436. The van der Waals surface area contributed by atoms with Crippen LogP contribution < -0.4 is 0 Å². The molecule has 1 rings (SSSR count). The van der Waals surface area contributed by atoms with Crippen molar-refractivity contribution in [3.63, 3.8) is 0 Å². The quantitative estimate of drug-likeness (QED) is 0.712. The van der Waals surface area contributed by atoms with Crippen LogP contribution in [0.1, 0.15) is 50.0 Å². The van der Waals surface area contributed by atoms with Crippen molar-refractivity contribution >= 4 is 17.6 Å². The molecule has 0 amide bonds. The summed E-state index contributed by atoms with van der Waals surface area (Å²) in [6.45, 7) is 4.71. The van der Waals surface area contributed by atoms with Gasteiger partial charge in [-0.2, -0.15) is 0 Å². The molecule has 0 aromatic carbocycles. The van der Waals surface area contributed by atoms with Crippen LogP contribution in [0.5, 0.6) is 0 Å². The lowest BCUT2D eigenvalue weighted by Gasteiger charge is -2.14. The molecular formula is C13H19ClN2O2. The van der Waals surface area contributed by atoms with Gasteiger partial charge < -0.3 is 4.74 Å². The summed E-state index contributed by atoms with van der Waals surface area (Å²) in [4.78, 5) is 11.7. The molecule has 0 aliphatic carbocycles. The van der Waals surface area contributed by atoms with Crippen LogP contribution in [0.4, 0.5) is 0 Å². The Kier molecular flexibility index (Phi) is 6.65. The third kappa shape index (κ3) is 5.00. The smallest absolute Gasteiger partial charge is 0.358 e. The van der Waals surface area contributed by atoms with Gasteiger partial charge in [0.2, 0.25) is 0 Å². The number of hydrogen-bond acceptors (Lipinski definition) is 4. The molecule has 100 valence electrons.